The summed E-state index contributed by atoms with van der Waals surface area (Å²) in [5, 5.41) is 3.64. The van der Waals surface area contributed by atoms with Gasteiger partial charge >= 0.3 is 0 Å². The lowest BCUT2D eigenvalue weighted by atomic mass is 9.86. The second-order valence-electron chi connectivity index (χ2n) is 7.27. The highest BCUT2D eigenvalue weighted by molar-refractivity contribution is 5.31. The second kappa shape index (κ2) is 5.92. The molecule has 0 saturated heterocycles. The van der Waals surface area contributed by atoms with E-state index in [2.05, 4.69) is 90.2 Å². The van der Waals surface area contributed by atoms with Crippen LogP contribution in [0.4, 0.5) is 0 Å². The summed E-state index contributed by atoms with van der Waals surface area (Å²) >= 11 is 0. The molecule has 1 nitrogen and oxygen atoms in total. The molecule has 0 aliphatic heterocycles. The van der Waals surface area contributed by atoms with Gasteiger partial charge in [0, 0.05) is 5.54 Å². The van der Waals surface area contributed by atoms with Crippen LogP contribution in [0.3, 0.4) is 0 Å². The minimum Gasteiger partial charge on any atom is -0.302 e. The summed E-state index contributed by atoms with van der Waals surface area (Å²) in [6, 6.07) is 9.25. The molecule has 1 aromatic carbocycles. The van der Waals surface area contributed by atoms with E-state index in [9.17, 15) is 0 Å². The van der Waals surface area contributed by atoms with Crippen molar-refractivity contribution in [1.29, 1.82) is 0 Å². The third-order valence-corrected chi connectivity index (χ3v) is 3.11. The minimum absolute atomic E-state index is 0.104. The Morgan fingerprint density at radius 3 is 1.84 bits per heavy atom. The predicted molar refractivity (Wildman–Crippen MR) is 85.6 cm³/mol. The molecule has 1 rings (SSSR count). The Kier molecular flexibility index (Phi) is 4.98. The van der Waals surface area contributed by atoms with Gasteiger partial charge in [0.1, 0.15) is 0 Å². The topological polar surface area (TPSA) is 12.0 Å². The Bertz CT molecular complexity index is 412. The molecule has 0 aliphatic rings. The molecule has 0 heterocycles. The number of hydrogen-bond donors (Lipinski definition) is 1. The molecule has 106 valence electrons. The van der Waals surface area contributed by atoms with Crippen LogP contribution < -0.4 is 5.32 Å². The van der Waals surface area contributed by atoms with E-state index in [1.54, 1.807) is 0 Å². The monoisotopic (exact) mass is 259 g/mol. The summed E-state index contributed by atoms with van der Waals surface area (Å²) in [6.07, 6.45) is 4.33. The van der Waals surface area contributed by atoms with Crippen LogP contribution >= 0.6 is 0 Å². The van der Waals surface area contributed by atoms with Crippen molar-refractivity contribution in [3.63, 3.8) is 0 Å². The highest BCUT2D eigenvalue weighted by atomic mass is 15.0. The third-order valence-electron chi connectivity index (χ3n) is 3.11. The zero-order chi connectivity index (χ0) is 14.7. The van der Waals surface area contributed by atoms with Gasteiger partial charge in [-0.15, -0.1) is 0 Å². The number of rotatable bonds is 3. The van der Waals surface area contributed by atoms with E-state index in [-0.39, 0.29) is 17.0 Å². The fourth-order valence-corrected chi connectivity index (χ4v) is 2.09. The first-order valence-corrected chi connectivity index (χ1v) is 7.14. The lowest BCUT2D eigenvalue weighted by Gasteiger charge is -2.28. The summed E-state index contributed by atoms with van der Waals surface area (Å²) < 4.78 is 0. The van der Waals surface area contributed by atoms with Crippen LogP contribution in [0.5, 0.6) is 0 Å². The molecule has 1 N–H and O–H groups in total. The summed E-state index contributed by atoms with van der Waals surface area (Å²) in [6.45, 7) is 15.4. The van der Waals surface area contributed by atoms with Crippen LogP contribution in [0, 0.1) is 0 Å². The maximum Gasteiger partial charge on any atom is 0.0510 e. The van der Waals surface area contributed by atoms with Crippen LogP contribution in [0.1, 0.15) is 65.6 Å². The Morgan fingerprint density at radius 2 is 1.47 bits per heavy atom. The molecule has 19 heavy (non-hydrogen) atoms. The molecule has 0 amide bonds. The Hall–Kier alpha value is -1.08. The van der Waals surface area contributed by atoms with Gasteiger partial charge in [0.2, 0.25) is 0 Å². The fourth-order valence-electron chi connectivity index (χ4n) is 2.09. The van der Waals surface area contributed by atoms with E-state index in [1.165, 1.54) is 11.1 Å². The van der Waals surface area contributed by atoms with Gasteiger partial charge in [-0.25, -0.2) is 0 Å². The molecule has 0 radical (unpaired) electrons. The van der Waals surface area contributed by atoms with Crippen molar-refractivity contribution in [2.24, 2.45) is 0 Å². The highest BCUT2D eigenvalue weighted by Crippen LogP contribution is 2.25. The van der Waals surface area contributed by atoms with Crippen LogP contribution in [-0.4, -0.2) is 5.54 Å². The van der Waals surface area contributed by atoms with Gasteiger partial charge in [0.25, 0.3) is 0 Å². The highest BCUT2D eigenvalue weighted by Gasteiger charge is 2.18. The van der Waals surface area contributed by atoms with E-state index >= 15 is 0 Å². The van der Waals surface area contributed by atoms with E-state index in [0.29, 0.717) is 0 Å². The average Bonchev–Trinajstić information content (AvgIpc) is 2.26. The average molecular weight is 259 g/mol. The minimum atomic E-state index is 0.104. The number of allylic oxidation sites excluding steroid dienone is 1. The second-order valence-corrected chi connectivity index (χ2v) is 7.27. The van der Waals surface area contributed by atoms with E-state index in [0.717, 1.165) is 0 Å². The van der Waals surface area contributed by atoms with Crippen molar-refractivity contribution in [2.75, 3.05) is 0 Å². The molecule has 1 aromatic rings. The largest absolute Gasteiger partial charge is 0.302 e. The summed E-state index contributed by atoms with van der Waals surface area (Å²) in [4.78, 5) is 0. The van der Waals surface area contributed by atoms with Crippen molar-refractivity contribution in [2.45, 2.75) is 65.5 Å². The first-order valence-electron chi connectivity index (χ1n) is 7.14. The Balaban J connectivity index is 2.98. The van der Waals surface area contributed by atoms with Crippen molar-refractivity contribution in [3.8, 4) is 0 Å². The lowest BCUT2D eigenvalue weighted by Crippen LogP contribution is -2.38. The molecular formula is C18H29N. The zero-order valence-electron chi connectivity index (χ0n) is 13.5. The van der Waals surface area contributed by atoms with Gasteiger partial charge in [-0.3, -0.25) is 0 Å². The molecule has 0 aliphatic carbocycles. The Labute approximate surface area is 119 Å². The lowest BCUT2D eigenvalue weighted by molar-refractivity contribution is 0.396. The van der Waals surface area contributed by atoms with Gasteiger partial charge in [-0.1, -0.05) is 57.2 Å². The van der Waals surface area contributed by atoms with Crippen LogP contribution in [-0.2, 0) is 5.41 Å². The molecule has 0 saturated carbocycles. The molecule has 0 spiro atoms. The quantitative estimate of drug-likeness (QED) is 0.754. The number of benzene rings is 1. The fraction of sp³-hybridized carbons (Fsp3) is 0.556. The van der Waals surface area contributed by atoms with Crippen molar-refractivity contribution in [3.05, 3.63) is 47.5 Å². The predicted octanol–water partition coefficient (Wildman–Crippen LogP) is 4.99. The summed E-state index contributed by atoms with van der Waals surface area (Å²) in [5.41, 5.74) is 3.02. The first-order chi connectivity index (χ1) is 8.63. The smallest absolute Gasteiger partial charge is 0.0510 e. The van der Waals surface area contributed by atoms with Crippen molar-refractivity contribution < 1.29 is 0 Å². The summed E-state index contributed by atoms with van der Waals surface area (Å²) in [7, 11) is 0. The molecule has 0 fully saturated rings. The normalized spacial score (nSPS) is 14.9. The molecule has 0 unspecified atom stereocenters. The van der Waals surface area contributed by atoms with Crippen LogP contribution in [0.25, 0.3) is 0 Å². The Morgan fingerprint density at radius 1 is 0.947 bits per heavy atom. The number of nitrogens with one attached hydrogen (secondary N) is 1. The maximum absolute atomic E-state index is 3.64. The summed E-state index contributed by atoms with van der Waals surface area (Å²) in [5.74, 6) is 0. The van der Waals surface area contributed by atoms with Gasteiger partial charge < -0.3 is 5.32 Å². The van der Waals surface area contributed by atoms with E-state index in [4.69, 9.17) is 0 Å². The van der Waals surface area contributed by atoms with Gasteiger partial charge in [-0.2, -0.15) is 0 Å². The van der Waals surface area contributed by atoms with E-state index in [1.807, 2.05) is 0 Å². The maximum atomic E-state index is 3.64. The van der Waals surface area contributed by atoms with Gasteiger partial charge in [-0.05, 0) is 44.2 Å². The first kappa shape index (κ1) is 16.0. The molecule has 0 aromatic heterocycles. The third kappa shape index (κ3) is 5.20. The van der Waals surface area contributed by atoms with Crippen molar-refractivity contribution >= 4 is 0 Å². The van der Waals surface area contributed by atoms with Gasteiger partial charge in [0.05, 0.1) is 6.04 Å². The molecule has 0 bridgehead atoms. The van der Waals surface area contributed by atoms with Crippen LogP contribution in [0.2, 0.25) is 0 Å². The SMILES string of the molecule is C/C=C/[C@H](NC(C)(C)C)c1ccc(C(C)(C)C)cc1. The number of hydrogen-bond acceptors (Lipinski definition) is 1. The standard InChI is InChI=1S/C18H29N/c1-8-9-16(19-18(5,6)7)14-10-12-15(13-11-14)17(2,3)4/h8-13,16,19H,1-7H3/b9-8+/t16-/m0/s1. The molecular weight excluding hydrogens is 230 g/mol. The molecule has 1 heteroatoms. The van der Waals surface area contributed by atoms with Crippen molar-refractivity contribution in [1.82, 2.24) is 5.32 Å². The molecule has 1 atom stereocenters. The van der Waals surface area contributed by atoms with E-state index < -0.39 is 0 Å². The van der Waals surface area contributed by atoms with Crippen LogP contribution in [0.15, 0.2) is 36.4 Å². The zero-order valence-corrected chi connectivity index (χ0v) is 13.5. The van der Waals surface area contributed by atoms with Gasteiger partial charge in [0.15, 0.2) is 0 Å².